The average molecular weight is 337 g/mol. The molecule has 6 nitrogen and oxygen atoms in total. The number of aryl methyl sites for hydroxylation is 1. The fourth-order valence-electron chi connectivity index (χ4n) is 2.07. The second kappa shape index (κ2) is 6.71. The number of benzene rings is 1. The summed E-state index contributed by atoms with van der Waals surface area (Å²) in [5, 5.41) is 12.0. The number of carbonyl (C=O) groups excluding carboxylic acids is 1. The van der Waals surface area contributed by atoms with Gasteiger partial charge in [-0.05, 0) is 78.1 Å². The number of carboxylic acids is 1. The molecule has 6 heteroatoms. The van der Waals surface area contributed by atoms with Gasteiger partial charge in [-0.2, -0.15) is 0 Å². The molecule has 24 heavy (non-hydrogen) atoms. The largest absolute Gasteiger partial charge is 0.478 e. The number of rotatable bonds is 4. The minimum atomic E-state index is -1.34. The fourth-order valence-corrected chi connectivity index (χ4v) is 2.07. The highest BCUT2D eigenvalue weighted by Crippen LogP contribution is 2.33. The molecule has 0 fully saturated rings. The Morgan fingerprint density at radius 3 is 2.04 bits per heavy atom. The summed E-state index contributed by atoms with van der Waals surface area (Å²) in [6.07, 6.45) is -0.535. The monoisotopic (exact) mass is 337 g/mol. The number of hydrogen-bond acceptors (Lipinski definition) is 4. The van der Waals surface area contributed by atoms with E-state index < -0.39 is 23.3 Å². The van der Waals surface area contributed by atoms with Crippen molar-refractivity contribution in [1.29, 1.82) is 0 Å². The molecule has 0 unspecified atom stereocenters. The minimum absolute atomic E-state index is 0.479. The lowest BCUT2D eigenvalue weighted by Gasteiger charge is -2.25. The van der Waals surface area contributed by atoms with Gasteiger partial charge in [-0.3, -0.25) is 5.32 Å². The quantitative estimate of drug-likeness (QED) is 0.860. The van der Waals surface area contributed by atoms with Crippen LogP contribution in [0.2, 0.25) is 0 Å². The molecule has 2 N–H and O–H groups in total. The van der Waals surface area contributed by atoms with Crippen molar-refractivity contribution in [2.75, 3.05) is 5.32 Å². The van der Waals surface area contributed by atoms with Crippen LogP contribution in [-0.4, -0.2) is 28.4 Å². The average Bonchev–Trinajstić information content (AvgIpc) is 2.38. The number of anilines is 1. The molecule has 1 amide bonds. The summed E-state index contributed by atoms with van der Waals surface area (Å²) in [6, 6.07) is 1.72. The van der Waals surface area contributed by atoms with E-state index in [4.69, 9.17) is 9.47 Å². The molecule has 0 aromatic heterocycles. The van der Waals surface area contributed by atoms with Crippen molar-refractivity contribution in [2.24, 2.45) is 0 Å². The predicted octanol–water partition coefficient (Wildman–Crippen LogP) is 4.20. The lowest BCUT2D eigenvalue weighted by molar-refractivity contribution is -0.152. The Morgan fingerprint density at radius 2 is 1.58 bits per heavy atom. The van der Waals surface area contributed by atoms with Crippen LogP contribution in [0.15, 0.2) is 6.07 Å². The highest BCUT2D eigenvalue weighted by Gasteiger charge is 2.30. The SMILES string of the molecule is Cc1cc(OC(C)(C)C(=O)O)c(C)c(C)c1NC(=O)OC(C)(C)C. The maximum Gasteiger partial charge on any atom is 0.412 e. The van der Waals surface area contributed by atoms with Gasteiger partial charge in [-0.1, -0.05) is 0 Å². The molecule has 0 saturated heterocycles. The molecule has 0 aliphatic rings. The Balaban J connectivity index is 3.14. The Bertz CT molecular complexity index is 656. The molecule has 0 saturated carbocycles. The van der Waals surface area contributed by atoms with Crippen molar-refractivity contribution < 1.29 is 24.2 Å². The summed E-state index contributed by atoms with van der Waals surface area (Å²) in [7, 11) is 0. The predicted molar refractivity (Wildman–Crippen MR) is 92.9 cm³/mol. The Labute approximate surface area is 143 Å². The Hall–Kier alpha value is -2.24. The van der Waals surface area contributed by atoms with E-state index in [1.165, 1.54) is 13.8 Å². The second-order valence-electron chi connectivity index (χ2n) is 7.36. The lowest BCUT2D eigenvalue weighted by atomic mass is 10.0. The van der Waals surface area contributed by atoms with E-state index in [9.17, 15) is 14.7 Å². The van der Waals surface area contributed by atoms with Crippen LogP contribution in [0.5, 0.6) is 5.75 Å². The van der Waals surface area contributed by atoms with E-state index in [0.29, 0.717) is 11.4 Å². The van der Waals surface area contributed by atoms with Gasteiger partial charge in [0.2, 0.25) is 0 Å². The lowest BCUT2D eigenvalue weighted by Crippen LogP contribution is -2.38. The van der Waals surface area contributed by atoms with Gasteiger partial charge in [0.05, 0.1) is 5.69 Å². The zero-order chi connectivity index (χ0) is 18.9. The van der Waals surface area contributed by atoms with Gasteiger partial charge in [0, 0.05) is 0 Å². The summed E-state index contributed by atoms with van der Waals surface area (Å²) >= 11 is 0. The van der Waals surface area contributed by atoms with E-state index in [1.54, 1.807) is 26.8 Å². The smallest absolute Gasteiger partial charge is 0.412 e. The molecule has 0 atom stereocenters. The Morgan fingerprint density at radius 1 is 1.04 bits per heavy atom. The zero-order valence-electron chi connectivity index (χ0n) is 15.7. The van der Waals surface area contributed by atoms with Gasteiger partial charge in [-0.25, -0.2) is 9.59 Å². The first-order chi connectivity index (χ1) is 10.7. The van der Waals surface area contributed by atoms with Crippen molar-refractivity contribution >= 4 is 17.7 Å². The van der Waals surface area contributed by atoms with Gasteiger partial charge in [-0.15, -0.1) is 0 Å². The number of ether oxygens (including phenoxy) is 2. The highest BCUT2D eigenvalue weighted by molar-refractivity contribution is 5.88. The standard InChI is InChI=1S/C18H27NO5/c1-10-9-13(23-18(7,8)15(20)21)11(2)12(3)14(10)19-16(22)24-17(4,5)6/h9H,1-8H3,(H,19,22)(H,20,21). The van der Waals surface area contributed by atoms with Gasteiger partial charge in [0.25, 0.3) is 0 Å². The maximum atomic E-state index is 12.0. The van der Waals surface area contributed by atoms with E-state index in [0.717, 1.165) is 16.7 Å². The van der Waals surface area contributed by atoms with Gasteiger partial charge in [0.15, 0.2) is 5.60 Å². The second-order valence-corrected chi connectivity index (χ2v) is 7.36. The van der Waals surface area contributed by atoms with Crippen molar-refractivity contribution in [2.45, 2.75) is 66.6 Å². The third kappa shape index (κ3) is 4.88. The summed E-state index contributed by atoms with van der Waals surface area (Å²) in [6.45, 7) is 13.9. The summed E-state index contributed by atoms with van der Waals surface area (Å²) < 4.78 is 10.9. The molecule has 1 aromatic rings. The van der Waals surface area contributed by atoms with Crippen molar-refractivity contribution in [3.8, 4) is 5.75 Å². The topological polar surface area (TPSA) is 84.9 Å². The van der Waals surface area contributed by atoms with Crippen LogP contribution in [0, 0.1) is 20.8 Å². The van der Waals surface area contributed by atoms with Crippen molar-refractivity contribution in [3.63, 3.8) is 0 Å². The molecule has 134 valence electrons. The van der Waals surface area contributed by atoms with Gasteiger partial charge < -0.3 is 14.6 Å². The molecular weight excluding hydrogens is 310 g/mol. The molecule has 0 radical (unpaired) electrons. The molecule has 1 aromatic carbocycles. The number of amides is 1. The van der Waals surface area contributed by atoms with E-state index in [-0.39, 0.29) is 0 Å². The van der Waals surface area contributed by atoms with E-state index in [1.807, 2.05) is 20.8 Å². The number of carbonyl (C=O) groups is 2. The van der Waals surface area contributed by atoms with Crippen LogP contribution < -0.4 is 10.1 Å². The zero-order valence-corrected chi connectivity index (χ0v) is 15.7. The van der Waals surface area contributed by atoms with Crippen LogP contribution in [-0.2, 0) is 9.53 Å². The third-order valence-electron chi connectivity index (χ3n) is 3.56. The molecule has 0 aliphatic heterocycles. The van der Waals surface area contributed by atoms with Crippen molar-refractivity contribution in [3.05, 3.63) is 22.8 Å². The molecular formula is C18H27NO5. The molecule has 0 spiro atoms. The number of nitrogens with one attached hydrogen (secondary N) is 1. The van der Waals surface area contributed by atoms with Crippen LogP contribution in [0.3, 0.4) is 0 Å². The molecule has 1 rings (SSSR count). The molecule has 0 aliphatic carbocycles. The number of carboxylic acid groups (broad SMARTS) is 1. The van der Waals surface area contributed by atoms with Crippen LogP contribution >= 0.6 is 0 Å². The van der Waals surface area contributed by atoms with E-state index in [2.05, 4.69) is 5.32 Å². The van der Waals surface area contributed by atoms with E-state index >= 15 is 0 Å². The van der Waals surface area contributed by atoms with Crippen molar-refractivity contribution in [1.82, 2.24) is 0 Å². The minimum Gasteiger partial charge on any atom is -0.478 e. The summed E-state index contributed by atoms with van der Waals surface area (Å²) in [5.74, 6) is -0.569. The first kappa shape index (κ1) is 19.8. The van der Waals surface area contributed by atoms with Crippen LogP contribution in [0.4, 0.5) is 10.5 Å². The normalized spacial score (nSPS) is 11.8. The van der Waals surface area contributed by atoms with Crippen LogP contribution in [0.25, 0.3) is 0 Å². The van der Waals surface area contributed by atoms with Gasteiger partial charge in [0.1, 0.15) is 11.4 Å². The molecule has 0 heterocycles. The first-order valence-corrected chi connectivity index (χ1v) is 7.78. The third-order valence-corrected chi connectivity index (χ3v) is 3.56. The van der Waals surface area contributed by atoms with Crippen LogP contribution in [0.1, 0.15) is 51.3 Å². The van der Waals surface area contributed by atoms with Gasteiger partial charge >= 0.3 is 12.1 Å². The summed E-state index contributed by atoms with van der Waals surface area (Å²) in [5.41, 5.74) is 1.04. The first-order valence-electron chi connectivity index (χ1n) is 7.78. The summed E-state index contributed by atoms with van der Waals surface area (Å²) in [4.78, 5) is 23.3. The maximum absolute atomic E-state index is 12.0. The number of aliphatic carboxylic acids is 1. The Kier molecular flexibility index (Phi) is 5.54. The fraction of sp³-hybridized carbons (Fsp3) is 0.556. The number of hydrogen-bond donors (Lipinski definition) is 2. The molecule has 0 bridgehead atoms. The highest BCUT2D eigenvalue weighted by atomic mass is 16.6.